The number of rotatable bonds is 8. The number of benzene rings is 2. The number of hydrogen-bond acceptors (Lipinski definition) is 6. The van der Waals surface area contributed by atoms with Gasteiger partial charge in [-0.3, -0.25) is 14.3 Å². The summed E-state index contributed by atoms with van der Waals surface area (Å²) in [5.41, 5.74) is 1.29. The van der Waals surface area contributed by atoms with Gasteiger partial charge in [0.2, 0.25) is 5.91 Å². The second-order valence-electron chi connectivity index (χ2n) is 6.98. The average molecular weight is 464 g/mol. The molecule has 0 aliphatic heterocycles. The molecular weight excluding hydrogens is 441 g/mol. The summed E-state index contributed by atoms with van der Waals surface area (Å²) in [5.74, 6) is 0.789. The van der Waals surface area contributed by atoms with Gasteiger partial charge in [0, 0.05) is 11.4 Å². The lowest BCUT2D eigenvalue weighted by atomic mass is 10.2. The van der Waals surface area contributed by atoms with E-state index in [-0.39, 0.29) is 23.5 Å². The van der Waals surface area contributed by atoms with Crippen LogP contribution in [0.4, 0.5) is 10.1 Å². The van der Waals surface area contributed by atoms with Gasteiger partial charge < -0.3 is 10.1 Å². The van der Waals surface area contributed by atoms with Crippen LogP contribution in [-0.2, 0) is 4.79 Å². The first-order chi connectivity index (χ1) is 14.8. The fourth-order valence-corrected chi connectivity index (χ4v) is 3.80. The van der Waals surface area contributed by atoms with E-state index >= 15 is 0 Å². The summed E-state index contributed by atoms with van der Waals surface area (Å²) in [4.78, 5) is 14.5. The maximum atomic E-state index is 13.4. The first-order valence-corrected chi connectivity index (χ1v) is 10.8. The minimum absolute atomic E-state index is 0.0397. The molecule has 10 heteroatoms. The third-order valence-electron chi connectivity index (χ3n) is 4.66. The number of nitrogens with one attached hydrogen (secondary N) is 1. The predicted molar refractivity (Wildman–Crippen MR) is 121 cm³/mol. The molecule has 0 fully saturated rings. The zero-order chi connectivity index (χ0) is 22.5. The fourth-order valence-electron chi connectivity index (χ4n) is 2.78. The molecule has 3 aromatic rings. The number of carbonyl (C=O) groups is 1. The van der Waals surface area contributed by atoms with E-state index in [0.717, 1.165) is 5.69 Å². The average Bonchev–Trinajstić information content (AvgIpc) is 3.16. The molecule has 1 aromatic heterocycles. The van der Waals surface area contributed by atoms with Crippen LogP contribution in [0.25, 0.3) is 5.69 Å². The Morgan fingerprint density at radius 3 is 2.58 bits per heavy atom. The van der Waals surface area contributed by atoms with Crippen molar-refractivity contribution in [2.24, 2.45) is 0 Å². The molecule has 1 N–H and O–H groups in total. The van der Waals surface area contributed by atoms with E-state index in [4.69, 9.17) is 16.3 Å². The molecule has 0 bridgehead atoms. The monoisotopic (exact) mass is 463 g/mol. The lowest BCUT2D eigenvalue weighted by molar-refractivity contribution is -0.113. The van der Waals surface area contributed by atoms with Crippen LogP contribution in [0.1, 0.15) is 18.8 Å². The van der Waals surface area contributed by atoms with Crippen LogP contribution in [0.5, 0.6) is 5.75 Å². The molecule has 164 valence electrons. The van der Waals surface area contributed by atoms with Gasteiger partial charge in [-0.15, -0.1) is 10.2 Å². The highest BCUT2D eigenvalue weighted by Crippen LogP contribution is 2.29. The molecule has 0 aliphatic carbocycles. The second kappa shape index (κ2) is 10.1. The predicted octanol–water partition coefficient (Wildman–Crippen LogP) is 4.42. The number of aromatic nitrogens is 3. The topological polar surface area (TPSA) is 72.3 Å². The number of amides is 1. The number of nitrogens with zero attached hydrogens (tertiary/aromatic N) is 4. The van der Waals surface area contributed by atoms with Crippen LogP contribution < -0.4 is 10.1 Å². The Hall–Kier alpha value is -2.62. The fraction of sp³-hybridized carbons (Fsp3) is 0.286. The highest BCUT2D eigenvalue weighted by molar-refractivity contribution is 7.99. The van der Waals surface area contributed by atoms with Crippen LogP contribution in [-0.4, -0.2) is 52.5 Å². The van der Waals surface area contributed by atoms with Crippen LogP contribution >= 0.6 is 23.4 Å². The van der Waals surface area contributed by atoms with Crippen LogP contribution in [0.2, 0.25) is 5.02 Å². The molecule has 0 saturated heterocycles. The molecule has 2 aromatic carbocycles. The van der Waals surface area contributed by atoms with Crippen molar-refractivity contribution in [1.29, 1.82) is 0 Å². The number of anilines is 1. The highest BCUT2D eigenvalue weighted by atomic mass is 35.5. The van der Waals surface area contributed by atoms with Crippen molar-refractivity contribution in [3.63, 3.8) is 0 Å². The number of thioether (sulfide) groups is 1. The van der Waals surface area contributed by atoms with Gasteiger partial charge in [0.1, 0.15) is 11.6 Å². The van der Waals surface area contributed by atoms with Gasteiger partial charge in [0.25, 0.3) is 0 Å². The molecule has 0 saturated carbocycles. The summed E-state index contributed by atoms with van der Waals surface area (Å²) >= 11 is 7.35. The van der Waals surface area contributed by atoms with Gasteiger partial charge in [-0.1, -0.05) is 23.4 Å². The molecule has 7 nitrogen and oxygen atoms in total. The molecule has 0 radical (unpaired) electrons. The van der Waals surface area contributed by atoms with Gasteiger partial charge >= 0.3 is 0 Å². The SMILES string of the molecule is COc1ccc(NC(=O)CSc2nnc(C(C)N(C)C)n2-c2ccc(F)cc2)cc1Cl. The van der Waals surface area contributed by atoms with E-state index < -0.39 is 0 Å². The summed E-state index contributed by atoms with van der Waals surface area (Å²) in [6.07, 6.45) is 0. The van der Waals surface area contributed by atoms with Crippen LogP contribution in [0, 0.1) is 5.82 Å². The van der Waals surface area contributed by atoms with Crippen molar-refractivity contribution in [3.05, 3.63) is 59.1 Å². The Bertz CT molecular complexity index is 1060. The van der Waals surface area contributed by atoms with E-state index in [1.165, 1.54) is 31.0 Å². The molecular formula is C21H23ClFN5O2S. The van der Waals surface area contributed by atoms with E-state index in [2.05, 4.69) is 15.5 Å². The van der Waals surface area contributed by atoms with Crippen molar-refractivity contribution in [2.45, 2.75) is 18.1 Å². The molecule has 0 aliphatic rings. The smallest absolute Gasteiger partial charge is 0.234 e. The Labute approximate surface area is 189 Å². The Morgan fingerprint density at radius 1 is 1.26 bits per heavy atom. The minimum Gasteiger partial charge on any atom is -0.495 e. The van der Waals surface area contributed by atoms with Crippen LogP contribution in [0.15, 0.2) is 47.6 Å². The number of ether oxygens (including phenoxy) is 1. The van der Waals surface area contributed by atoms with E-state index in [1.54, 1.807) is 30.3 Å². The first-order valence-electron chi connectivity index (χ1n) is 9.44. The number of halogens is 2. The van der Waals surface area contributed by atoms with Crippen LogP contribution in [0.3, 0.4) is 0 Å². The third-order valence-corrected chi connectivity index (χ3v) is 5.88. The number of methoxy groups -OCH3 is 1. The summed E-state index contributed by atoms with van der Waals surface area (Å²) < 4.78 is 20.4. The molecule has 3 rings (SSSR count). The Morgan fingerprint density at radius 2 is 1.97 bits per heavy atom. The molecule has 1 unspecified atom stereocenters. The van der Waals surface area contributed by atoms with E-state index in [1.807, 2.05) is 30.5 Å². The van der Waals surface area contributed by atoms with Gasteiger partial charge in [-0.2, -0.15) is 0 Å². The summed E-state index contributed by atoms with van der Waals surface area (Å²) in [7, 11) is 5.40. The Kier molecular flexibility index (Phi) is 7.53. The van der Waals surface area contributed by atoms with Gasteiger partial charge in [-0.05, 0) is 63.5 Å². The van der Waals surface area contributed by atoms with Crippen molar-refractivity contribution >= 4 is 35.0 Å². The molecule has 31 heavy (non-hydrogen) atoms. The number of carbonyl (C=O) groups excluding carboxylic acids is 1. The zero-order valence-electron chi connectivity index (χ0n) is 17.6. The second-order valence-corrected chi connectivity index (χ2v) is 8.33. The Balaban J connectivity index is 1.78. The lowest BCUT2D eigenvalue weighted by Crippen LogP contribution is -2.21. The van der Waals surface area contributed by atoms with E-state index in [9.17, 15) is 9.18 Å². The third kappa shape index (κ3) is 5.55. The van der Waals surface area contributed by atoms with E-state index in [0.29, 0.717) is 27.4 Å². The molecule has 1 heterocycles. The maximum absolute atomic E-state index is 13.4. The zero-order valence-corrected chi connectivity index (χ0v) is 19.2. The largest absolute Gasteiger partial charge is 0.495 e. The molecule has 1 amide bonds. The molecule has 1 atom stereocenters. The van der Waals surface area contributed by atoms with Crippen molar-refractivity contribution in [2.75, 3.05) is 32.3 Å². The lowest BCUT2D eigenvalue weighted by Gasteiger charge is -2.20. The number of hydrogen-bond donors (Lipinski definition) is 1. The molecule has 0 spiro atoms. The van der Waals surface area contributed by atoms with Gasteiger partial charge in [0.05, 0.1) is 23.9 Å². The minimum atomic E-state index is -0.328. The summed E-state index contributed by atoms with van der Waals surface area (Å²) in [6, 6.07) is 11.1. The normalized spacial score (nSPS) is 12.1. The van der Waals surface area contributed by atoms with Gasteiger partial charge in [-0.25, -0.2) is 4.39 Å². The maximum Gasteiger partial charge on any atom is 0.234 e. The summed E-state index contributed by atoms with van der Waals surface area (Å²) in [6.45, 7) is 2.00. The van der Waals surface area contributed by atoms with Crippen molar-refractivity contribution in [1.82, 2.24) is 19.7 Å². The standard InChI is InChI=1S/C21H23ClFN5O2S/c1-13(27(2)3)20-25-26-21(28(20)16-8-5-14(23)6-9-16)31-12-19(29)24-15-7-10-18(30-4)17(22)11-15/h5-11,13H,12H2,1-4H3,(H,24,29). The van der Waals surface area contributed by atoms with Gasteiger partial charge in [0.15, 0.2) is 11.0 Å². The highest BCUT2D eigenvalue weighted by Gasteiger charge is 2.21. The summed E-state index contributed by atoms with van der Waals surface area (Å²) in [5, 5.41) is 12.3. The van der Waals surface area contributed by atoms with Crippen molar-refractivity contribution < 1.29 is 13.9 Å². The first kappa shape index (κ1) is 23.1. The quantitative estimate of drug-likeness (QED) is 0.498. The van der Waals surface area contributed by atoms with Crippen molar-refractivity contribution in [3.8, 4) is 11.4 Å².